The van der Waals surface area contributed by atoms with Crippen molar-refractivity contribution in [3.05, 3.63) is 35.4 Å². The largest absolute Gasteiger partial charge is 0.478 e. The van der Waals surface area contributed by atoms with Crippen LogP contribution in [0.15, 0.2) is 24.3 Å². The van der Waals surface area contributed by atoms with Crippen molar-refractivity contribution >= 4 is 11.9 Å². The third-order valence-electron chi connectivity index (χ3n) is 6.68. The highest BCUT2D eigenvalue weighted by atomic mass is 16.4. The van der Waals surface area contributed by atoms with Gasteiger partial charge < -0.3 is 10.2 Å². The molecule has 1 aromatic rings. The van der Waals surface area contributed by atoms with Gasteiger partial charge in [0.25, 0.3) is 0 Å². The van der Waals surface area contributed by atoms with Crippen molar-refractivity contribution in [2.24, 2.45) is 5.41 Å². The molecule has 6 heteroatoms. The molecular formula is C22H32N2O4. The molecule has 1 unspecified atom stereocenters. The molecule has 0 spiro atoms. The average molecular weight is 389 g/mol. The number of aliphatic hydroxyl groups excluding tert-OH is 1. The predicted octanol–water partition coefficient (Wildman–Crippen LogP) is 3.10. The number of carbonyl (C=O) groups is 2. The Kier molecular flexibility index (Phi) is 6.73. The van der Waals surface area contributed by atoms with E-state index in [0.717, 1.165) is 50.8 Å². The second-order valence-electron chi connectivity index (χ2n) is 8.20. The van der Waals surface area contributed by atoms with E-state index < -0.39 is 5.97 Å². The number of hydrazine groups is 1. The van der Waals surface area contributed by atoms with Gasteiger partial charge in [-0.25, -0.2) is 9.80 Å². The van der Waals surface area contributed by atoms with E-state index in [1.54, 1.807) is 12.1 Å². The summed E-state index contributed by atoms with van der Waals surface area (Å²) in [5.74, 6) is -0.784. The maximum atomic E-state index is 12.3. The van der Waals surface area contributed by atoms with E-state index in [4.69, 9.17) is 5.11 Å². The monoisotopic (exact) mass is 388 g/mol. The highest BCUT2D eigenvalue weighted by molar-refractivity contribution is 5.87. The number of hydrogen-bond acceptors (Lipinski definition) is 4. The first kappa shape index (κ1) is 20.8. The summed E-state index contributed by atoms with van der Waals surface area (Å²) < 4.78 is 0. The fourth-order valence-corrected chi connectivity index (χ4v) is 4.51. The molecule has 1 aliphatic carbocycles. The molecule has 0 aromatic heterocycles. The van der Waals surface area contributed by atoms with Gasteiger partial charge in [-0.05, 0) is 61.6 Å². The Morgan fingerprint density at radius 1 is 1.21 bits per heavy atom. The summed E-state index contributed by atoms with van der Waals surface area (Å²) in [7, 11) is 0. The van der Waals surface area contributed by atoms with Gasteiger partial charge in [0.05, 0.1) is 11.7 Å². The third kappa shape index (κ3) is 4.55. The first-order valence-corrected chi connectivity index (χ1v) is 10.5. The molecule has 2 N–H and O–H groups in total. The minimum atomic E-state index is -0.929. The van der Waals surface area contributed by atoms with Crippen molar-refractivity contribution in [1.29, 1.82) is 0 Å². The SMILES string of the molecule is CCC1(C(O)CCCN2CCC(=O)N2CCc2ccc(C(=O)O)cc2)CCC1. The van der Waals surface area contributed by atoms with E-state index >= 15 is 0 Å². The van der Waals surface area contributed by atoms with Crippen LogP contribution in [0.25, 0.3) is 0 Å². The fraction of sp³-hybridized carbons (Fsp3) is 0.636. The Morgan fingerprint density at radius 2 is 1.93 bits per heavy atom. The Bertz CT molecular complexity index is 679. The van der Waals surface area contributed by atoms with Crippen LogP contribution in [0.2, 0.25) is 0 Å². The van der Waals surface area contributed by atoms with Crippen LogP contribution in [0.5, 0.6) is 0 Å². The van der Waals surface area contributed by atoms with Crippen molar-refractivity contribution < 1.29 is 19.8 Å². The molecule has 2 aliphatic rings. The molecule has 154 valence electrons. The number of carboxylic acid groups (broad SMARTS) is 1. The number of benzene rings is 1. The molecule has 1 saturated carbocycles. The van der Waals surface area contributed by atoms with Gasteiger partial charge in [-0.2, -0.15) is 0 Å². The van der Waals surface area contributed by atoms with Crippen molar-refractivity contribution in [2.45, 2.75) is 64.4 Å². The average Bonchev–Trinajstić information content (AvgIpc) is 2.99. The zero-order valence-electron chi connectivity index (χ0n) is 16.8. The molecule has 1 amide bonds. The fourth-order valence-electron chi connectivity index (χ4n) is 4.51. The van der Waals surface area contributed by atoms with Crippen LogP contribution in [-0.2, 0) is 11.2 Å². The molecule has 1 saturated heterocycles. The minimum Gasteiger partial charge on any atom is -0.478 e. The van der Waals surface area contributed by atoms with E-state index in [1.807, 2.05) is 17.1 Å². The number of hydrogen-bond donors (Lipinski definition) is 2. The molecule has 2 fully saturated rings. The lowest BCUT2D eigenvalue weighted by Gasteiger charge is -2.45. The quantitative estimate of drug-likeness (QED) is 0.644. The summed E-state index contributed by atoms with van der Waals surface area (Å²) >= 11 is 0. The second-order valence-corrected chi connectivity index (χ2v) is 8.20. The summed E-state index contributed by atoms with van der Waals surface area (Å²) in [6, 6.07) is 6.83. The van der Waals surface area contributed by atoms with E-state index in [9.17, 15) is 14.7 Å². The number of carboxylic acids is 1. The molecule has 6 nitrogen and oxygen atoms in total. The van der Waals surface area contributed by atoms with Crippen LogP contribution in [-0.4, -0.2) is 57.8 Å². The Morgan fingerprint density at radius 3 is 2.50 bits per heavy atom. The third-order valence-corrected chi connectivity index (χ3v) is 6.68. The molecule has 1 atom stereocenters. The van der Waals surface area contributed by atoms with Crippen molar-refractivity contribution in [1.82, 2.24) is 10.0 Å². The molecule has 1 aliphatic heterocycles. The lowest BCUT2D eigenvalue weighted by molar-refractivity contribution is -0.138. The maximum Gasteiger partial charge on any atom is 0.335 e. The zero-order chi connectivity index (χ0) is 20.1. The molecule has 1 aromatic carbocycles. The summed E-state index contributed by atoms with van der Waals surface area (Å²) in [4.78, 5) is 23.2. The molecule has 0 radical (unpaired) electrons. The summed E-state index contributed by atoms with van der Waals surface area (Å²) in [6.07, 6.45) is 7.24. The van der Waals surface area contributed by atoms with Gasteiger partial charge in [-0.1, -0.05) is 25.5 Å². The van der Waals surface area contributed by atoms with Gasteiger partial charge in [0.2, 0.25) is 5.91 Å². The number of nitrogens with zero attached hydrogens (tertiary/aromatic N) is 2. The molecule has 3 rings (SSSR count). The number of aromatic carboxylic acids is 1. The maximum absolute atomic E-state index is 12.3. The summed E-state index contributed by atoms with van der Waals surface area (Å²) in [5, 5.41) is 23.5. The number of carbonyl (C=O) groups excluding carboxylic acids is 1. The normalized spacial score (nSPS) is 20.2. The van der Waals surface area contributed by atoms with Crippen molar-refractivity contribution in [3.8, 4) is 0 Å². The lowest BCUT2D eigenvalue weighted by atomic mass is 9.62. The highest BCUT2D eigenvalue weighted by Gasteiger charge is 2.41. The predicted molar refractivity (Wildman–Crippen MR) is 107 cm³/mol. The topological polar surface area (TPSA) is 81.1 Å². The number of rotatable bonds is 10. The Hall–Kier alpha value is -1.92. The van der Waals surface area contributed by atoms with Crippen LogP contribution in [0.3, 0.4) is 0 Å². The Labute approximate surface area is 167 Å². The van der Waals surface area contributed by atoms with Crippen LogP contribution in [0.4, 0.5) is 0 Å². The van der Waals surface area contributed by atoms with E-state index in [1.165, 1.54) is 6.42 Å². The van der Waals surface area contributed by atoms with Crippen LogP contribution in [0, 0.1) is 5.41 Å². The van der Waals surface area contributed by atoms with E-state index in [2.05, 4.69) is 11.9 Å². The molecule has 1 heterocycles. The van der Waals surface area contributed by atoms with Gasteiger partial charge in [0, 0.05) is 26.1 Å². The lowest BCUT2D eigenvalue weighted by Crippen LogP contribution is -2.43. The summed E-state index contributed by atoms with van der Waals surface area (Å²) in [5.41, 5.74) is 1.44. The molecular weight excluding hydrogens is 356 g/mol. The first-order chi connectivity index (χ1) is 13.4. The minimum absolute atomic E-state index is 0.141. The van der Waals surface area contributed by atoms with Crippen LogP contribution in [0.1, 0.15) is 67.8 Å². The van der Waals surface area contributed by atoms with Crippen molar-refractivity contribution in [2.75, 3.05) is 19.6 Å². The van der Waals surface area contributed by atoms with Gasteiger partial charge in [0.1, 0.15) is 0 Å². The second kappa shape index (κ2) is 9.05. The Balaban J connectivity index is 1.47. The number of amides is 1. The van der Waals surface area contributed by atoms with Gasteiger partial charge in [-0.3, -0.25) is 9.80 Å². The van der Waals surface area contributed by atoms with Gasteiger partial charge in [0.15, 0.2) is 0 Å². The van der Waals surface area contributed by atoms with Crippen LogP contribution >= 0.6 is 0 Å². The van der Waals surface area contributed by atoms with Crippen LogP contribution < -0.4 is 0 Å². The molecule has 28 heavy (non-hydrogen) atoms. The highest BCUT2D eigenvalue weighted by Crippen LogP contribution is 2.47. The van der Waals surface area contributed by atoms with E-state index in [-0.39, 0.29) is 23.0 Å². The smallest absolute Gasteiger partial charge is 0.335 e. The standard InChI is InChI=1S/C22H32N2O4/c1-2-22(12-4-13-22)19(25)5-3-14-23-15-11-20(26)24(23)16-10-17-6-8-18(9-7-17)21(27)28/h6-9,19,25H,2-5,10-16H2,1H3,(H,27,28). The van der Waals surface area contributed by atoms with E-state index in [0.29, 0.717) is 19.4 Å². The van der Waals surface area contributed by atoms with Gasteiger partial charge >= 0.3 is 5.97 Å². The summed E-state index contributed by atoms with van der Waals surface area (Å²) in [6.45, 7) is 4.31. The van der Waals surface area contributed by atoms with Gasteiger partial charge in [-0.15, -0.1) is 0 Å². The first-order valence-electron chi connectivity index (χ1n) is 10.5. The number of aliphatic hydroxyl groups is 1. The zero-order valence-corrected chi connectivity index (χ0v) is 16.8. The molecule has 0 bridgehead atoms. The van der Waals surface area contributed by atoms with Crippen molar-refractivity contribution in [3.63, 3.8) is 0 Å².